The van der Waals surface area contributed by atoms with Gasteiger partial charge in [-0.1, -0.05) is 25.7 Å². The van der Waals surface area contributed by atoms with Crippen molar-refractivity contribution in [3.63, 3.8) is 0 Å². The lowest BCUT2D eigenvalue weighted by molar-refractivity contribution is -0.152. The third-order valence-electron chi connectivity index (χ3n) is 4.06. The van der Waals surface area contributed by atoms with Crippen molar-refractivity contribution in [2.75, 3.05) is 6.61 Å². The third-order valence-corrected chi connectivity index (χ3v) is 4.06. The summed E-state index contributed by atoms with van der Waals surface area (Å²) < 4.78 is 11.2. The molecule has 0 spiro atoms. The average molecular weight is 254 g/mol. The van der Waals surface area contributed by atoms with Crippen molar-refractivity contribution < 1.29 is 14.3 Å². The van der Waals surface area contributed by atoms with Gasteiger partial charge in [-0.25, -0.2) is 0 Å². The van der Waals surface area contributed by atoms with Crippen LogP contribution in [-0.4, -0.2) is 24.8 Å². The molecular weight excluding hydrogens is 228 g/mol. The van der Waals surface area contributed by atoms with Crippen molar-refractivity contribution in [1.82, 2.24) is 0 Å². The Morgan fingerprint density at radius 2 is 1.39 bits per heavy atom. The average Bonchev–Trinajstić information content (AvgIpc) is 2.41. The van der Waals surface area contributed by atoms with Crippen LogP contribution in [0.15, 0.2) is 0 Å². The Morgan fingerprint density at radius 3 is 2.00 bits per heavy atom. The summed E-state index contributed by atoms with van der Waals surface area (Å²) in [7, 11) is 0. The molecule has 2 aliphatic rings. The highest BCUT2D eigenvalue weighted by molar-refractivity contribution is 5.69. The molecule has 0 aromatic carbocycles. The van der Waals surface area contributed by atoms with Crippen LogP contribution in [0.3, 0.4) is 0 Å². The van der Waals surface area contributed by atoms with Crippen LogP contribution >= 0.6 is 0 Å². The lowest BCUT2D eigenvalue weighted by Crippen LogP contribution is -2.23. The maximum absolute atomic E-state index is 11.7. The minimum atomic E-state index is -0.0716. The van der Waals surface area contributed by atoms with Gasteiger partial charge in [0.15, 0.2) is 0 Å². The first-order valence-corrected chi connectivity index (χ1v) is 7.65. The summed E-state index contributed by atoms with van der Waals surface area (Å²) in [4.78, 5) is 11.7. The quantitative estimate of drug-likeness (QED) is 0.703. The SMILES string of the molecule is O=C(CCOC1CCCCC1)OC1CCCCC1. The molecule has 0 heterocycles. The molecular formula is C15H26O3. The van der Waals surface area contributed by atoms with Crippen LogP contribution in [0.5, 0.6) is 0 Å². The first-order valence-electron chi connectivity index (χ1n) is 7.65. The van der Waals surface area contributed by atoms with Crippen LogP contribution in [0.2, 0.25) is 0 Å². The van der Waals surface area contributed by atoms with Crippen molar-refractivity contribution in [2.24, 2.45) is 0 Å². The van der Waals surface area contributed by atoms with Crippen molar-refractivity contribution >= 4 is 5.97 Å². The molecule has 0 amide bonds. The largest absolute Gasteiger partial charge is 0.462 e. The van der Waals surface area contributed by atoms with Crippen LogP contribution in [0.4, 0.5) is 0 Å². The monoisotopic (exact) mass is 254 g/mol. The molecule has 0 unspecified atom stereocenters. The van der Waals surface area contributed by atoms with Gasteiger partial charge in [-0.3, -0.25) is 4.79 Å². The summed E-state index contributed by atoms with van der Waals surface area (Å²) in [6.07, 6.45) is 13.0. The zero-order valence-corrected chi connectivity index (χ0v) is 11.4. The zero-order valence-electron chi connectivity index (χ0n) is 11.4. The Labute approximate surface area is 110 Å². The van der Waals surface area contributed by atoms with Crippen LogP contribution in [0.1, 0.15) is 70.6 Å². The van der Waals surface area contributed by atoms with Gasteiger partial charge in [-0.05, 0) is 38.5 Å². The fraction of sp³-hybridized carbons (Fsp3) is 0.933. The van der Waals surface area contributed by atoms with E-state index in [-0.39, 0.29) is 12.1 Å². The van der Waals surface area contributed by atoms with Gasteiger partial charge in [-0.2, -0.15) is 0 Å². The van der Waals surface area contributed by atoms with E-state index in [1.54, 1.807) is 0 Å². The Morgan fingerprint density at radius 1 is 0.833 bits per heavy atom. The number of rotatable bonds is 5. The molecule has 2 fully saturated rings. The molecule has 2 rings (SSSR count). The van der Waals surface area contributed by atoms with Crippen LogP contribution in [0, 0.1) is 0 Å². The predicted octanol–water partition coefficient (Wildman–Crippen LogP) is 3.60. The first-order chi connectivity index (χ1) is 8.84. The second-order valence-corrected chi connectivity index (χ2v) is 5.63. The Bertz CT molecular complexity index is 240. The van der Waals surface area contributed by atoms with E-state index in [0.29, 0.717) is 19.1 Å². The molecule has 2 aliphatic carbocycles. The molecule has 0 N–H and O–H groups in total. The third kappa shape index (κ3) is 4.97. The zero-order chi connectivity index (χ0) is 12.6. The highest BCUT2D eigenvalue weighted by Gasteiger charge is 2.18. The highest BCUT2D eigenvalue weighted by atomic mass is 16.5. The molecule has 0 bridgehead atoms. The van der Waals surface area contributed by atoms with E-state index >= 15 is 0 Å². The second kappa shape index (κ2) is 7.78. The fourth-order valence-corrected chi connectivity index (χ4v) is 2.97. The van der Waals surface area contributed by atoms with E-state index in [2.05, 4.69) is 0 Å². The summed E-state index contributed by atoms with van der Waals surface area (Å²) >= 11 is 0. The topological polar surface area (TPSA) is 35.5 Å². The summed E-state index contributed by atoms with van der Waals surface area (Å²) in [6, 6.07) is 0. The predicted molar refractivity (Wildman–Crippen MR) is 70.4 cm³/mol. The number of hydrogen-bond acceptors (Lipinski definition) is 3. The van der Waals surface area contributed by atoms with E-state index in [4.69, 9.17) is 9.47 Å². The molecule has 0 radical (unpaired) electrons. The maximum atomic E-state index is 11.7. The minimum absolute atomic E-state index is 0.0716. The number of hydrogen-bond donors (Lipinski definition) is 0. The highest BCUT2D eigenvalue weighted by Crippen LogP contribution is 2.22. The Hall–Kier alpha value is -0.570. The fourth-order valence-electron chi connectivity index (χ4n) is 2.97. The van der Waals surface area contributed by atoms with Gasteiger partial charge >= 0.3 is 5.97 Å². The smallest absolute Gasteiger partial charge is 0.308 e. The lowest BCUT2D eigenvalue weighted by Gasteiger charge is -2.23. The summed E-state index contributed by atoms with van der Waals surface area (Å²) in [5.41, 5.74) is 0. The van der Waals surface area contributed by atoms with Gasteiger partial charge in [0.25, 0.3) is 0 Å². The molecule has 0 aliphatic heterocycles. The van der Waals surface area contributed by atoms with Crippen LogP contribution < -0.4 is 0 Å². The van der Waals surface area contributed by atoms with Crippen LogP contribution in [-0.2, 0) is 14.3 Å². The first kappa shape index (κ1) is 13.9. The van der Waals surface area contributed by atoms with Crippen molar-refractivity contribution in [3.05, 3.63) is 0 Å². The van der Waals surface area contributed by atoms with Gasteiger partial charge in [0.1, 0.15) is 6.10 Å². The van der Waals surface area contributed by atoms with Gasteiger partial charge in [0.05, 0.1) is 19.1 Å². The number of carbonyl (C=O) groups is 1. The van der Waals surface area contributed by atoms with Crippen molar-refractivity contribution in [2.45, 2.75) is 82.8 Å². The van der Waals surface area contributed by atoms with E-state index in [0.717, 1.165) is 25.7 Å². The van der Waals surface area contributed by atoms with E-state index in [1.807, 2.05) is 0 Å². The molecule has 3 heteroatoms. The molecule has 2 saturated carbocycles. The Kier molecular flexibility index (Phi) is 5.98. The Balaban J connectivity index is 1.53. The molecule has 3 nitrogen and oxygen atoms in total. The standard InChI is InChI=1S/C15H26O3/c16-15(18-14-9-5-2-6-10-14)11-12-17-13-7-3-1-4-8-13/h13-14H,1-12H2. The molecule has 0 atom stereocenters. The lowest BCUT2D eigenvalue weighted by atomic mass is 9.98. The summed E-state index contributed by atoms with van der Waals surface area (Å²) in [5, 5.41) is 0. The van der Waals surface area contributed by atoms with Crippen LogP contribution in [0.25, 0.3) is 0 Å². The molecule has 104 valence electrons. The molecule has 0 aromatic rings. The van der Waals surface area contributed by atoms with Gasteiger partial charge in [-0.15, -0.1) is 0 Å². The molecule has 0 aromatic heterocycles. The van der Waals surface area contributed by atoms with Gasteiger partial charge in [0, 0.05) is 0 Å². The minimum Gasteiger partial charge on any atom is -0.462 e. The molecule has 0 saturated heterocycles. The summed E-state index contributed by atoms with van der Waals surface area (Å²) in [6.45, 7) is 0.538. The van der Waals surface area contributed by atoms with Crippen molar-refractivity contribution in [1.29, 1.82) is 0 Å². The second-order valence-electron chi connectivity index (χ2n) is 5.63. The molecule has 18 heavy (non-hydrogen) atoms. The normalized spacial score (nSPS) is 22.9. The maximum Gasteiger partial charge on any atom is 0.308 e. The van der Waals surface area contributed by atoms with E-state index in [1.165, 1.54) is 38.5 Å². The van der Waals surface area contributed by atoms with Gasteiger partial charge < -0.3 is 9.47 Å². The number of ether oxygens (including phenoxy) is 2. The number of esters is 1. The van der Waals surface area contributed by atoms with Crippen molar-refractivity contribution in [3.8, 4) is 0 Å². The van der Waals surface area contributed by atoms with E-state index < -0.39 is 0 Å². The van der Waals surface area contributed by atoms with Gasteiger partial charge in [0.2, 0.25) is 0 Å². The summed E-state index contributed by atoms with van der Waals surface area (Å²) in [5.74, 6) is -0.0716. The number of carbonyl (C=O) groups excluding carboxylic acids is 1. The van der Waals surface area contributed by atoms with E-state index in [9.17, 15) is 4.79 Å².